The minimum Gasteiger partial charge on any atom is -0.321 e. The van der Waals surface area contributed by atoms with E-state index >= 15 is 0 Å². The number of amides is 2. The topological polar surface area (TPSA) is 96.9 Å². The second kappa shape index (κ2) is 8.00. The normalized spacial score (nSPS) is 10.8. The van der Waals surface area contributed by atoms with Gasteiger partial charge in [-0.3, -0.25) is 14.6 Å². The van der Waals surface area contributed by atoms with Gasteiger partial charge in [0.05, 0.1) is 16.8 Å². The lowest BCUT2D eigenvalue weighted by Crippen LogP contribution is -2.13. The van der Waals surface area contributed by atoms with Crippen LogP contribution in [0.2, 0.25) is 0 Å². The van der Waals surface area contributed by atoms with Crippen molar-refractivity contribution in [2.45, 2.75) is 20.8 Å². The second-order valence-corrected chi connectivity index (χ2v) is 7.82. The number of aryl methyl sites for hydroxylation is 3. The summed E-state index contributed by atoms with van der Waals surface area (Å²) >= 11 is 1.36. The summed E-state index contributed by atoms with van der Waals surface area (Å²) in [5.74, 6) is 0.235. The molecule has 30 heavy (non-hydrogen) atoms. The van der Waals surface area contributed by atoms with Gasteiger partial charge in [0.25, 0.3) is 11.8 Å². The maximum atomic E-state index is 12.8. The van der Waals surface area contributed by atoms with E-state index in [9.17, 15) is 9.59 Å². The van der Waals surface area contributed by atoms with Crippen molar-refractivity contribution in [1.29, 1.82) is 0 Å². The van der Waals surface area contributed by atoms with Crippen molar-refractivity contribution in [3.05, 3.63) is 76.3 Å². The minimum atomic E-state index is -0.245. The standard InChI is InChI=1S/C22H19N5O2S/c1-12-18-13(2)24-14(3)25-22(18)30-19(12)21(29)26-16-8-6-15(7-9-16)20(28)27-17-5-4-10-23-11-17/h4-11H,1-3H3,(H,26,29)(H,27,28). The van der Waals surface area contributed by atoms with Crippen LogP contribution >= 0.6 is 11.3 Å². The third kappa shape index (κ3) is 3.90. The zero-order chi connectivity index (χ0) is 21.3. The van der Waals surface area contributed by atoms with Crippen LogP contribution in [-0.2, 0) is 0 Å². The van der Waals surface area contributed by atoms with Crippen molar-refractivity contribution in [3.8, 4) is 0 Å². The zero-order valence-corrected chi connectivity index (χ0v) is 17.5. The summed E-state index contributed by atoms with van der Waals surface area (Å²) in [6, 6.07) is 10.2. The molecule has 0 aliphatic heterocycles. The Bertz CT molecular complexity index is 1250. The molecule has 0 saturated carbocycles. The van der Waals surface area contributed by atoms with E-state index in [1.54, 1.807) is 48.8 Å². The summed E-state index contributed by atoms with van der Waals surface area (Å²) in [5.41, 5.74) is 3.45. The monoisotopic (exact) mass is 417 g/mol. The smallest absolute Gasteiger partial charge is 0.266 e. The van der Waals surface area contributed by atoms with Crippen LogP contribution in [0.4, 0.5) is 11.4 Å². The van der Waals surface area contributed by atoms with Gasteiger partial charge in [0.2, 0.25) is 0 Å². The third-order valence-corrected chi connectivity index (χ3v) is 5.80. The molecule has 0 radical (unpaired) electrons. The highest BCUT2D eigenvalue weighted by atomic mass is 32.1. The number of fused-ring (bicyclic) bond motifs is 1. The van der Waals surface area contributed by atoms with Crippen LogP contribution in [0, 0.1) is 20.8 Å². The first-order chi connectivity index (χ1) is 14.4. The number of hydrogen-bond donors (Lipinski definition) is 2. The van der Waals surface area contributed by atoms with Crippen molar-refractivity contribution in [3.63, 3.8) is 0 Å². The van der Waals surface area contributed by atoms with Crippen molar-refractivity contribution < 1.29 is 9.59 Å². The molecule has 0 unspecified atom stereocenters. The summed E-state index contributed by atoms with van der Waals surface area (Å²) in [4.78, 5) is 39.4. The molecule has 0 aliphatic carbocycles. The number of thiophene rings is 1. The Balaban J connectivity index is 1.50. The fraction of sp³-hybridized carbons (Fsp3) is 0.136. The molecule has 150 valence electrons. The van der Waals surface area contributed by atoms with Crippen LogP contribution in [-0.4, -0.2) is 26.8 Å². The van der Waals surface area contributed by atoms with Gasteiger partial charge in [-0.25, -0.2) is 9.97 Å². The molecular weight excluding hydrogens is 398 g/mol. The Kier molecular flexibility index (Phi) is 5.24. The van der Waals surface area contributed by atoms with Gasteiger partial charge in [-0.1, -0.05) is 0 Å². The Labute approximate surface area is 177 Å². The highest BCUT2D eigenvalue weighted by Crippen LogP contribution is 2.31. The van der Waals surface area contributed by atoms with Crippen LogP contribution in [0.3, 0.4) is 0 Å². The third-order valence-electron chi connectivity index (χ3n) is 4.61. The molecule has 4 rings (SSSR count). The van der Waals surface area contributed by atoms with Crippen LogP contribution in [0.25, 0.3) is 10.2 Å². The van der Waals surface area contributed by atoms with E-state index in [4.69, 9.17) is 0 Å². The molecule has 0 aliphatic rings. The number of carbonyl (C=O) groups excluding carboxylic acids is 2. The molecule has 0 fully saturated rings. The lowest BCUT2D eigenvalue weighted by molar-refractivity contribution is 0.102. The van der Waals surface area contributed by atoms with E-state index in [0.29, 0.717) is 27.6 Å². The Hall–Kier alpha value is -3.65. The number of pyridine rings is 1. The van der Waals surface area contributed by atoms with Gasteiger partial charge >= 0.3 is 0 Å². The van der Waals surface area contributed by atoms with E-state index in [2.05, 4.69) is 25.6 Å². The minimum absolute atomic E-state index is 0.208. The number of aromatic nitrogens is 3. The van der Waals surface area contributed by atoms with Gasteiger partial charge in [0, 0.05) is 28.5 Å². The molecule has 3 aromatic heterocycles. The van der Waals surface area contributed by atoms with E-state index in [-0.39, 0.29) is 11.8 Å². The number of carbonyl (C=O) groups is 2. The first-order valence-electron chi connectivity index (χ1n) is 9.29. The molecule has 8 heteroatoms. The predicted molar refractivity (Wildman–Crippen MR) is 118 cm³/mol. The molecule has 2 amide bonds. The Morgan fingerprint density at radius 3 is 2.33 bits per heavy atom. The quantitative estimate of drug-likeness (QED) is 0.509. The Morgan fingerprint density at radius 1 is 0.900 bits per heavy atom. The zero-order valence-electron chi connectivity index (χ0n) is 16.7. The lowest BCUT2D eigenvalue weighted by atomic mass is 10.1. The average molecular weight is 417 g/mol. The largest absolute Gasteiger partial charge is 0.321 e. The number of benzene rings is 1. The number of anilines is 2. The van der Waals surface area contributed by atoms with Crippen molar-refractivity contribution in [2.75, 3.05) is 10.6 Å². The van der Waals surface area contributed by atoms with Gasteiger partial charge in [-0.2, -0.15) is 0 Å². The molecule has 4 aromatic rings. The molecule has 2 N–H and O–H groups in total. The van der Waals surface area contributed by atoms with E-state index in [1.807, 2.05) is 20.8 Å². The van der Waals surface area contributed by atoms with Gasteiger partial charge in [-0.15, -0.1) is 11.3 Å². The summed E-state index contributed by atoms with van der Waals surface area (Å²) in [6.07, 6.45) is 3.22. The summed E-state index contributed by atoms with van der Waals surface area (Å²) in [6.45, 7) is 5.67. The maximum Gasteiger partial charge on any atom is 0.266 e. The maximum absolute atomic E-state index is 12.8. The molecule has 3 heterocycles. The lowest BCUT2D eigenvalue weighted by Gasteiger charge is -2.07. The van der Waals surface area contributed by atoms with Gasteiger partial charge in [0.15, 0.2) is 0 Å². The number of hydrogen-bond acceptors (Lipinski definition) is 6. The fourth-order valence-corrected chi connectivity index (χ4v) is 4.40. The highest BCUT2D eigenvalue weighted by Gasteiger charge is 2.19. The highest BCUT2D eigenvalue weighted by molar-refractivity contribution is 7.20. The summed E-state index contributed by atoms with van der Waals surface area (Å²) < 4.78 is 0. The van der Waals surface area contributed by atoms with Crippen LogP contribution in [0.15, 0.2) is 48.8 Å². The summed E-state index contributed by atoms with van der Waals surface area (Å²) in [7, 11) is 0. The molecular formula is C22H19N5O2S. The first-order valence-corrected chi connectivity index (χ1v) is 10.1. The van der Waals surface area contributed by atoms with Gasteiger partial charge < -0.3 is 10.6 Å². The molecule has 0 bridgehead atoms. The second-order valence-electron chi connectivity index (χ2n) is 6.82. The SMILES string of the molecule is Cc1nc(C)c2c(C)c(C(=O)Nc3ccc(C(=O)Nc4cccnc4)cc3)sc2n1. The number of rotatable bonds is 4. The Morgan fingerprint density at radius 2 is 1.63 bits per heavy atom. The average Bonchev–Trinajstić information content (AvgIpc) is 3.06. The van der Waals surface area contributed by atoms with Crippen LogP contribution in [0.1, 0.15) is 37.1 Å². The van der Waals surface area contributed by atoms with E-state index in [0.717, 1.165) is 21.5 Å². The van der Waals surface area contributed by atoms with Crippen molar-refractivity contribution >= 4 is 44.7 Å². The van der Waals surface area contributed by atoms with Crippen LogP contribution < -0.4 is 10.6 Å². The molecule has 0 saturated heterocycles. The number of nitrogens with one attached hydrogen (secondary N) is 2. The summed E-state index contributed by atoms with van der Waals surface area (Å²) in [5, 5.41) is 6.60. The number of nitrogens with zero attached hydrogens (tertiary/aromatic N) is 3. The van der Waals surface area contributed by atoms with Crippen LogP contribution in [0.5, 0.6) is 0 Å². The van der Waals surface area contributed by atoms with Gasteiger partial charge in [-0.05, 0) is 62.7 Å². The van der Waals surface area contributed by atoms with Gasteiger partial charge in [0.1, 0.15) is 10.7 Å². The van der Waals surface area contributed by atoms with Crippen molar-refractivity contribution in [2.24, 2.45) is 0 Å². The predicted octanol–water partition coefficient (Wildman–Crippen LogP) is 4.52. The molecule has 7 nitrogen and oxygen atoms in total. The first kappa shape index (κ1) is 19.7. The van der Waals surface area contributed by atoms with E-state index in [1.165, 1.54) is 11.3 Å². The molecule has 0 atom stereocenters. The van der Waals surface area contributed by atoms with Crippen molar-refractivity contribution in [1.82, 2.24) is 15.0 Å². The van der Waals surface area contributed by atoms with E-state index < -0.39 is 0 Å². The fourth-order valence-electron chi connectivity index (χ4n) is 3.22. The molecule has 1 aromatic carbocycles. The molecule has 0 spiro atoms.